The third kappa shape index (κ3) is 2.98. The van der Waals surface area contributed by atoms with Crippen LogP contribution in [-0.4, -0.2) is 25.4 Å². The van der Waals surface area contributed by atoms with Crippen molar-refractivity contribution in [3.8, 4) is 0 Å². The summed E-state index contributed by atoms with van der Waals surface area (Å²) in [6.45, 7) is 9.38. The van der Waals surface area contributed by atoms with Crippen LogP contribution in [0.5, 0.6) is 0 Å². The van der Waals surface area contributed by atoms with Gasteiger partial charge in [-0.1, -0.05) is 53.8 Å². The largest absolute Gasteiger partial charge is 0.377 e. The lowest BCUT2D eigenvalue weighted by molar-refractivity contribution is 1.02. The first-order valence-corrected chi connectivity index (χ1v) is 7.47. The Bertz CT molecular complexity index is 323. The first kappa shape index (κ1) is 13.5. The molecule has 0 saturated carbocycles. The van der Waals surface area contributed by atoms with Crippen molar-refractivity contribution in [3.05, 3.63) is 24.3 Å². The number of nitrogens with zero attached hydrogens (tertiary/aromatic N) is 1. The summed E-state index contributed by atoms with van der Waals surface area (Å²) in [5.74, 6) is 0. The van der Waals surface area contributed by atoms with E-state index in [1.165, 1.54) is 5.69 Å². The first-order chi connectivity index (χ1) is 7.45. The van der Waals surface area contributed by atoms with E-state index in [0.717, 1.165) is 11.3 Å². The van der Waals surface area contributed by atoms with Crippen molar-refractivity contribution >= 4 is 18.9 Å². The monoisotopic (exact) mass is 237 g/mol. The minimum Gasteiger partial charge on any atom is -0.377 e. The van der Waals surface area contributed by atoms with Crippen LogP contribution in [0.4, 0.5) is 5.69 Å². The maximum Gasteiger partial charge on any atom is 0.0439 e. The van der Waals surface area contributed by atoms with Crippen molar-refractivity contribution in [1.29, 1.82) is 0 Å². The van der Waals surface area contributed by atoms with Crippen LogP contribution in [0, 0.1) is 0 Å². The molecule has 0 bridgehead atoms. The molecule has 0 aliphatic heterocycles. The van der Waals surface area contributed by atoms with Gasteiger partial charge >= 0.3 is 0 Å². The molecule has 90 valence electrons. The van der Waals surface area contributed by atoms with E-state index in [0.29, 0.717) is 0 Å². The van der Waals surface area contributed by atoms with Gasteiger partial charge in [0.05, 0.1) is 0 Å². The number of para-hydroxylation sites is 1. The summed E-state index contributed by atoms with van der Waals surface area (Å²) in [7, 11) is 4.20. The Balaban J connectivity index is 3.18. The molecule has 1 nitrogen and oxygen atoms in total. The Morgan fingerprint density at radius 3 is 1.88 bits per heavy atom. The molecule has 0 N–H and O–H groups in total. The Labute approximate surface area is 102 Å². The van der Waals surface area contributed by atoms with Crippen molar-refractivity contribution in [3.63, 3.8) is 0 Å². The number of hydrogen-bond donors (Lipinski definition) is 0. The minimum absolute atomic E-state index is 0.0687. The topological polar surface area (TPSA) is 3.24 Å². The van der Waals surface area contributed by atoms with Gasteiger partial charge in [-0.2, -0.15) is 0 Å². The van der Waals surface area contributed by atoms with Crippen molar-refractivity contribution in [2.24, 2.45) is 0 Å². The fourth-order valence-electron chi connectivity index (χ4n) is 2.21. The van der Waals surface area contributed by atoms with Crippen LogP contribution < -0.4 is 10.2 Å². The molecule has 1 aromatic rings. The molecule has 0 spiro atoms. The van der Waals surface area contributed by atoms with Crippen LogP contribution in [0.3, 0.4) is 0 Å². The molecule has 0 radical (unpaired) electrons. The van der Waals surface area contributed by atoms with Gasteiger partial charge in [-0.25, -0.2) is 0 Å². The summed E-state index contributed by atoms with van der Waals surface area (Å²) in [5, 5.41) is 1.55. The smallest absolute Gasteiger partial charge is 0.0439 e. The van der Waals surface area contributed by atoms with Gasteiger partial charge in [0.15, 0.2) is 0 Å². The molecule has 0 heterocycles. The second-order valence-corrected chi connectivity index (χ2v) is 8.34. The number of rotatable bonds is 4. The standard InChI is InChI=1S/C14H24NP/c1-11(2)16(12(3)4)14-10-8-7-9-13(14)15(5)6/h7-12H,1-6H3. The Kier molecular flexibility index (Phi) is 4.80. The molecule has 2 heteroatoms. The van der Waals surface area contributed by atoms with Crippen LogP contribution in [0.15, 0.2) is 24.3 Å². The molecule has 0 saturated heterocycles. The zero-order chi connectivity index (χ0) is 12.3. The lowest BCUT2D eigenvalue weighted by Crippen LogP contribution is -2.22. The second-order valence-electron chi connectivity index (χ2n) is 4.98. The van der Waals surface area contributed by atoms with Crippen molar-refractivity contribution < 1.29 is 0 Å². The molecule has 0 aromatic heterocycles. The third-order valence-corrected chi connectivity index (χ3v) is 5.91. The van der Waals surface area contributed by atoms with Crippen LogP contribution in [0.2, 0.25) is 0 Å². The highest BCUT2D eigenvalue weighted by molar-refractivity contribution is 7.67. The predicted molar refractivity (Wildman–Crippen MR) is 77.6 cm³/mol. The molecule has 1 rings (SSSR count). The Hall–Kier alpha value is -0.550. The van der Waals surface area contributed by atoms with E-state index in [2.05, 4.69) is 71.0 Å². The fraction of sp³-hybridized carbons (Fsp3) is 0.571. The van der Waals surface area contributed by atoms with E-state index < -0.39 is 0 Å². The third-order valence-electron chi connectivity index (χ3n) is 2.75. The van der Waals surface area contributed by atoms with E-state index in [-0.39, 0.29) is 7.92 Å². The van der Waals surface area contributed by atoms with Gasteiger partial charge in [0.1, 0.15) is 0 Å². The summed E-state index contributed by atoms with van der Waals surface area (Å²) in [5.41, 5.74) is 2.88. The van der Waals surface area contributed by atoms with Crippen molar-refractivity contribution in [2.75, 3.05) is 19.0 Å². The average Bonchev–Trinajstić information content (AvgIpc) is 2.17. The summed E-state index contributed by atoms with van der Waals surface area (Å²) in [4.78, 5) is 2.23. The van der Waals surface area contributed by atoms with Crippen LogP contribution in [0.1, 0.15) is 27.7 Å². The van der Waals surface area contributed by atoms with E-state index in [1.807, 2.05) is 0 Å². The molecular weight excluding hydrogens is 213 g/mol. The average molecular weight is 237 g/mol. The molecule has 16 heavy (non-hydrogen) atoms. The fourth-order valence-corrected chi connectivity index (χ4v) is 5.32. The molecular formula is C14H24NP. The van der Waals surface area contributed by atoms with Crippen molar-refractivity contribution in [1.82, 2.24) is 0 Å². The van der Waals surface area contributed by atoms with Crippen LogP contribution in [-0.2, 0) is 0 Å². The molecule has 0 aliphatic rings. The first-order valence-electron chi connectivity index (χ1n) is 5.99. The Morgan fingerprint density at radius 2 is 1.44 bits per heavy atom. The van der Waals surface area contributed by atoms with Gasteiger partial charge in [-0.15, -0.1) is 0 Å². The SMILES string of the molecule is CC(C)P(c1ccccc1N(C)C)C(C)C. The molecule has 0 unspecified atom stereocenters. The quantitative estimate of drug-likeness (QED) is 0.722. The van der Waals surface area contributed by atoms with Crippen LogP contribution in [0.25, 0.3) is 0 Å². The van der Waals surface area contributed by atoms with E-state index in [9.17, 15) is 0 Å². The number of anilines is 1. The Morgan fingerprint density at radius 1 is 0.938 bits per heavy atom. The molecule has 0 aliphatic carbocycles. The van der Waals surface area contributed by atoms with Gasteiger partial charge in [0.2, 0.25) is 0 Å². The summed E-state index contributed by atoms with van der Waals surface area (Å²) >= 11 is 0. The van der Waals surface area contributed by atoms with Gasteiger partial charge in [-0.3, -0.25) is 0 Å². The van der Waals surface area contributed by atoms with Gasteiger partial charge in [-0.05, 0) is 22.7 Å². The van der Waals surface area contributed by atoms with E-state index in [1.54, 1.807) is 5.30 Å². The molecule has 0 atom stereocenters. The molecule has 0 amide bonds. The van der Waals surface area contributed by atoms with Gasteiger partial charge in [0, 0.05) is 19.8 Å². The predicted octanol–water partition coefficient (Wildman–Crippen LogP) is 3.68. The van der Waals surface area contributed by atoms with E-state index in [4.69, 9.17) is 0 Å². The van der Waals surface area contributed by atoms with Gasteiger partial charge in [0.25, 0.3) is 0 Å². The van der Waals surface area contributed by atoms with Crippen LogP contribution >= 0.6 is 7.92 Å². The normalized spacial score (nSPS) is 11.6. The summed E-state index contributed by atoms with van der Waals surface area (Å²) in [6, 6.07) is 8.84. The highest BCUT2D eigenvalue weighted by Crippen LogP contribution is 2.46. The van der Waals surface area contributed by atoms with E-state index >= 15 is 0 Å². The lowest BCUT2D eigenvalue weighted by atomic mass is 10.3. The molecule has 1 aromatic carbocycles. The minimum atomic E-state index is -0.0687. The maximum absolute atomic E-state index is 2.35. The van der Waals surface area contributed by atoms with Crippen molar-refractivity contribution in [2.45, 2.75) is 39.0 Å². The summed E-state index contributed by atoms with van der Waals surface area (Å²) in [6.07, 6.45) is 0. The maximum atomic E-state index is 2.35. The highest BCUT2D eigenvalue weighted by Gasteiger charge is 2.21. The summed E-state index contributed by atoms with van der Waals surface area (Å²) < 4.78 is 0. The number of benzene rings is 1. The lowest BCUT2D eigenvalue weighted by Gasteiger charge is -2.30. The second kappa shape index (κ2) is 5.68. The zero-order valence-corrected chi connectivity index (χ0v) is 12.3. The van der Waals surface area contributed by atoms with Gasteiger partial charge < -0.3 is 4.90 Å². The molecule has 0 fully saturated rings. The highest BCUT2D eigenvalue weighted by atomic mass is 31.1. The number of hydrogen-bond acceptors (Lipinski definition) is 1. The zero-order valence-electron chi connectivity index (χ0n) is 11.4.